The second kappa shape index (κ2) is 5.25. The molecule has 1 aliphatic carbocycles. The molecule has 1 heterocycles. The molecule has 1 aromatic rings. The Hall–Kier alpha value is -0.450. The Kier molecular flexibility index (Phi) is 3.95. The van der Waals surface area contributed by atoms with E-state index in [0.29, 0.717) is 12.0 Å². The number of nitrogens with two attached hydrogens (primary N) is 1. The molecule has 0 amide bonds. The van der Waals surface area contributed by atoms with Crippen LogP contribution >= 0.6 is 11.3 Å². The van der Waals surface area contributed by atoms with Gasteiger partial charge in [0.2, 0.25) is 0 Å². The summed E-state index contributed by atoms with van der Waals surface area (Å²) in [5.41, 5.74) is 9.20. The molecule has 2 N–H and O–H groups in total. The van der Waals surface area contributed by atoms with Gasteiger partial charge in [0.25, 0.3) is 0 Å². The zero-order chi connectivity index (χ0) is 11.5. The van der Waals surface area contributed by atoms with E-state index in [4.69, 9.17) is 5.73 Å². The fourth-order valence-corrected chi connectivity index (χ4v) is 3.34. The van der Waals surface area contributed by atoms with Crippen molar-refractivity contribution in [2.75, 3.05) is 13.6 Å². The van der Waals surface area contributed by atoms with Crippen LogP contribution in [0.25, 0.3) is 0 Å². The van der Waals surface area contributed by atoms with Crippen molar-refractivity contribution in [1.29, 1.82) is 0 Å². The van der Waals surface area contributed by atoms with Crippen molar-refractivity contribution >= 4 is 11.3 Å². The highest BCUT2D eigenvalue weighted by Crippen LogP contribution is 2.25. The van der Waals surface area contributed by atoms with E-state index in [1.165, 1.54) is 29.8 Å². The lowest BCUT2D eigenvalue weighted by Gasteiger charge is -2.23. The zero-order valence-corrected chi connectivity index (χ0v) is 11.0. The van der Waals surface area contributed by atoms with E-state index in [1.807, 2.05) is 5.51 Å². The first kappa shape index (κ1) is 12.0. The topological polar surface area (TPSA) is 42.2 Å². The van der Waals surface area contributed by atoms with Crippen molar-refractivity contribution in [1.82, 2.24) is 9.88 Å². The highest BCUT2D eigenvalue weighted by atomic mass is 32.1. The Labute approximate surface area is 102 Å². The number of aryl methyl sites for hydroxylation is 1. The van der Waals surface area contributed by atoms with Crippen molar-refractivity contribution in [3.8, 4) is 0 Å². The fraction of sp³-hybridized carbons (Fsp3) is 0.750. The van der Waals surface area contributed by atoms with Gasteiger partial charge >= 0.3 is 0 Å². The third-order valence-corrected chi connectivity index (χ3v) is 4.44. The molecule has 4 heteroatoms. The monoisotopic (exact) mass is 239 g/mol. The molecule has 2 unspecified atom stereocenters. The summed E-state index contributed by atoms with van der Waals surface area (Å²) in [5.74, 6) is 0.693. The van der Waals surface area contributed by atoms with Crippen molar-refractivity contribution in [2.45, 2.75) is 38.8 Å². The number of nitrogens with zero attached hydrogens (tertiary/aromatic N) is 2. The average molecular weight is 239 g/mol. The van der Waals surface area contributed by atoms with Gasteiger partial charge in [-0.1, -0.05) is 6.42 Å². The van der Waals surface area contributed by atoms with Gasteiger partial charge in [-0.25, -0.2) is 4.98 Å². The summed E-state index contributed by atoms with van der Waals surface area (Å²) in [5, 5.41) is 0. The van der Waals surface area contributed by atoms with Gasteiger partial charge in [0.05, 0.1) is 11.2 Å². The summed E-state index contributed by atoms with van der Waals surface area (Å²) in [6.45, 7) is 4.22. The smallest absolute Gasteiger partial charge is 0.0798 e. The maximum atomic E-state index is 6.09. The van der Waals surface area contributed by atoms with Crippen LogP contribution in [0.15, 0.2) is 5.51 Å². The van der Waals surface area contributed by atoms with Crippen LogP contribution in [-0.2, 0) is 6.54 Å². The second-order valence-corrected chi connectivity index (χ2v) is 5.85. The Balaban J connectivity index is 1.84. The van der Waals surface area contributed by atoms with Gasteiger partial charge in [0, 0.05) is 24.0 Å². The van der Waals surface area contributed by atoms with Crippen LogP contribution in [0.4, 0.5) is 0 Å². The number of aromatic nitrogens is 1. The Morgan fingerprint density at radius 1 is 1.56 bits per heavy atom. The number of thiazole rings is 1. The molecule has 1 aliphatic rings. The van der Waals surface area contributed by atoms with Crippen molar-refractivity contribution in [3.05, 3.63) is 16.1 Å². The van der Waals surface area contributed by atoms with Gasteiger partial charge in [0.15, 0.2) is 0 Å². The van der Waals surface area contributed by atoms with E-state index in [1.54, 1.807) is 11.3 Å². The lowest BCUT2D eigenvalue weighted by atomic mass is 10.0. The molecule has 0 radical (unpaired) electrons. The minimum atomic E-state index is 0.421. The first-order valence-electron chi connectivity index (χ1n) is 6.00. The minimum Gasteiger partial charge on any atom is -0.327 e. The van der Waals surface area contributed by atoms with Gasteiger partial charge < -0.3 is 10.6 Å². The number of rotatable bonds is 4. The van der Waals surface area contributed by atoms with E-state index in [-0.39, 0.29) is 0 Å². The quantitative estimate of drug-likeness (QED) is 0.874. The molecule has 0 saturated heterocycles. The van der Waals surface area contributed by atoms with Gasteiger partial charge in [-0.15, -0.1) is 11.3 Å². The molecule has 0 aliphatic heterocycles. The van der Waals surface area contributed by atoms with Gasteiger partial charge in [-0.3, -0.25) is 0 Å². The Bertz CT molecular complexity index is 337. The molecular formula is C12H21N3S. The van der Waals surface area contributed by atoms with Crippen LogP contribution in [0.2, 0.25) is 0 Å². The third-order valence-electron chi connectivity index (χ3n) is 3.52. The molecule has 2 atom stereocenters. The molecule has 1 aromatic heterocycles. The SMILES string of the molecule is Cc1ncsc1CN(C)CC1CCCC1N. The van der Waals surface area contributed by atoms with E-state index in [0.717, 1.165) is 13.1 Å². The van der Waals surface area contributed by atoms with Crippen LogP contribution in [0, 0.1) is 12.8 Å². The predicted octanol–water partition coefficient (Wildman–Crippen LogP) is 2.01. The zero-order valence-electron chi connectivity index (χ0n) is 10.1. The lowest BCUT2D eigenvalue weighted by molar-refractivity contribution is 0.260. The van der Waals surface area contributed by atoms with Crippen molar-refractivity contribution < 1.29 is 0 Å². The van der Waals surface area contributed by atoms with E-state index < -0.39 is 0 Å². The molecule has 1 saturated carbocycles. The van der Waals surface area contributed by atoms with Crippen molar-refractivity contribution in [3.63, 3.8) is 0 Å². The maximum Gasteiger partial charge on any atom is 0.0798 e. The normalized spacial score (nSPS) is 25.5. The van der Waals surface area contributed by atoms with Crippen molar-refractivity contribution in [2.24, 2.45) is 11.7 Å². The van der Waals surface area contributed by atoms with E-state index in [2.05, 4.69) is 23.9 Å². The predicted molar refractivity (Wildman–Crippen MR) is 68.5 cm³/mol. The molecule has 0 aromatic carbocycles. The Morgan fingerprint density at radius 3 is 2.94 bits per heavy atom. The minimum absolute atomic E-state index is 0.421. The number of hydrogen-bond acceptors (Lipinski definition) is 4. The fourth-order valence-electron chi connectivity index (χ4n) is 2.48. The third kappa shape index (κ3) is 2.81. The van der Waals surface area contributed by atoms with Crippen LogP contribution in [-0.4, -0.2) is 29.5 Å². The first-order valence-corrected chi connectivity index (χ1v) is 6.88. The summed E-state index contributed by atoms with van der Waals surface area (Å²) in [7, 11) is 2.18. The van der Waals surface area contributed by atoms with Gasteiger partial charge in [-0.05, 0) is 32.7 Å². The molecule has 1 fully saturated rings. The largest absolute Gasteiger partial charge is 0.327 e. The average Bonchev–Trinajstić information content (AvgIpc) is 2.79. The standard InChI is InChI=1S/C12H21N3S/c1-9-12(16-8-14-9)7-15(2)6-10-4-3-5-11(10)13/h8,10-11H,3-7,13H2,1-2H3. The summed E-state index contributed by atoms with van der Waals surface area (Å²) in [4.78, 5) is 8.05. The summed E-state index contributed by atoms with van der Waals surface area (Å²) >= 11 is 1.75. The second-order valence-electron chi connectivity index (χ2n) is 4.91. The molecule has 16 heavy (non-hydrogen) atoms. The molecule has 0 bridgehead atoms. The van der Waals surface area contributed by atoms with E-state index in [9.17, 15) is 0 Å². The first-order chi connectivity index (χ1) is 7.66. The van der Waals surface area contributed by atoms with Crippen LogP contribution in [0.1, 0.15) is 29.8 Å². The highest BCUT2D eigenvalue weighted by Gasteiger charge is 2.24. The highest BCUT2D eigenvalue weighted by molar-refractivity contribution is 7.09. The van der Waals surface area contributed by atoms with Crippen LogP contribution in [0.5, 0.6) is 0 Å². The van der Waals surface area contributed by atoms with Crippen LogP contribution < -0.4 is 5.73 Å². The van der Waals surface area contributed by atoms with E-state index >= 15 is 0 Å². The lowest BCUT2D eigenvalue weighted by Crippen LogP contribution is -2.34. The van der Waals surface area contributed by atoms with Gasteiger partial charge in [-0.2, -0.15) is 0 Å². The van der Waals surface area contributed by atoms with Crippen LogP contribution in [0.3, 0.4) is 0 Å². The molecular weight excluding hydrogens is 218 g/mol. The summed E-state index contributed by atoms with van der Waals surface area (Å²) in [6, 6.07) is 0.421. The molecule has 0 spiro atoms. The maximum absolute atomic E-state index is 6.09. The molecule has 90 valence electrons. The summed E-state index contributed by atoms with van der Waals surface area (Å²) < 4.78 is 0. The number of hydrogen-bond donors (Lipinski definition) is 1. The molecule has 2 rings (SSSR count). The van der Waals surface area contributed by atoms with Gasteiger partial charge in [0.1, 0.15) is 0 Å². The molecule has 3 nitrogen and oxygen atoms in total. The Morgan fingerprint density at radius 2 is 2.38 bits per heavy atom. The summed E-state index contributed by atoms with van der Waals surface area (Å²) in [6.07, 6.45) is 3.81.